The highest BCUT2D eigenvalue weighted by molar-refractivity contribution is 6.04. The first kappa shape index (κ1) is 80.1. The number of likely N-dealkylation sites (tertiary alicyclic amines) is 2. The quantitative estimate of drug-likeness (QED) is 0.0380. The zero-order chi connectivity index (χ0) is 76.1. The zero-order valence-electron chi connectivity index (χ0n) is 63.6. The minimum absolute atomic E-state index is 0.0377. The lowest BCUT2D eigenvalue weighted by Crippen LogP contribution is -2.62. The van der Waals surface area contributed by atoms with Crippen molar-refractivity contribution < 1.29 is 62.3 Å². The van der Waals surface area contributed by atoms with Crippen LogP contribution in [0.1, 0.15) is 218 Å². The third-order valence-electron chi connectivity index (χ3n) is 22.1. The molecule has 2 saturated heterocycles. The molecule has 2 spiro atoms. The number of nitrogens with zero attached hydrogens (tertiary/aromatic N) is 6. The van der Waals surface area contributed by atoms with Gasteiger partial charge in [-0.2, -0.15) is 0 Å². The smallest absolute Gasteiger partial charge is 0.272 e. The number of benzene rings is 2. The van der Waals surface area contributed by atoms with E-state index in [9.17, 15) is 38.4 Å². The Balaban J connectivity index is 0.000000229. The SMILES string of the molecule is CCC[C@H](NC(=O)[C@@H]1C[C@]2(CC(c3ccccc3)=NO2)CN1C(=O)[C@@H](NC(=O)[C@@H](N)C1CCCCC1)C(C)(C)C)C(OC)C(=O)NC1CC1.CCC[C@H](NC(=O)[C@@H]1C[C@]2(CC(c3ccccc3)=NO2)CN1C(=O)[C@@H](NC(=O)[C@@H](NC(=O)c1cnccn1)C1CCCCC1)C(C)(C)C)C(OC)C(=O)NC1CC1. The van der Waals surface area contributed by atoms with Crippen LogP contribution in [0.2, 0.25) is 0 Å². The van der Waals surface area contributed by atoms with Crippen molar-refractivity contribution >= 4 is 64.6 Å². The van der Waals surface area contributed by atoms with Crippen molar-refractivity contribution in [3.63, 3.8) is 0 Å². The van der Waals surface area contributed by atoms with Crippen LogP contribution in [0, 0.1) is 22.7 Å². The molecule has 0 bridgehead atoms. The van der Waals surface area contributed by atoms with Gasteiger partial charge in [0.1, 0.15) is 35.9 Å². The van der Waals surface area contributed by atoms with Crippen molar-refractivity contribution in [1.29, 1.82) is 0 Å². The van der Waals surface area contributed by atoms with Crippen molar-refractivity contribution in [2.75, 3.05) is 27.3 Å². The Bertz CT molecular complexity index is 3610. The monoisotopic (exact) mass is 1470 g/mol. The molecule has 6 fully saturated rings. The molecule has 27 nitrogen and oxygen atoms in total. The molecule has 9 N–H and O–H groups in total. The summed E-state index contributed by atoms with van der Waals surface area (Å²) in [6.45, 7) is 15.3. The van der Waals surface area contributed by atoms with Crippen molar-refractivity contribution in [2.45, 2.75) is 280 Å². The van der Waals surface area contributed by atoms with Gasteiger partial charge in [0.15, 0.2) is 23.4 Å². The molecule has 578 valence electrons. The van der Waals surface area contributed by atoms with E-state index in [1.54, 1.807) is 0 Å². The lowest BCUT2D eigenvalue weighted by Gasteiger charge is -2.38. The first-order valence-corrected chi connectivity index (χ1v) is 38.6. The lowest BCUT2D eigenvalue weighted by atomic mass is 9.82. The summed E-state index contributed by atoms with van der Waals surface area (Å²) in [4.78, 5) is 150. The van der Waals surface area contributed by atoms with E-state index in [1.807, 2.05) is 116 Å². The molecule has 11 rings (SSSR count). The summed E-state index contributed by atoms with van der Waals surface area (Å²) in [5.74, 6) is -3.69. The predicted molar refractivity (Wildman–Crippen MR) is 398 cm³/mol. The topological polar surface area (TPSA) is 358 Å². The molecule has 3 aromatic rings. The van der Waals surface area contributed by atoms with Crippen molar-refractivity contribution in [3.8, 4) is 0 Å². The fraction of sp³-hybridized carbons (Fsp3) is 0.658. The van der Waals surface area contributed by atoms with Crippen LogP contribution in [0.15, 0.2) is 89.6 Å². The van der Waals surface area contributed by atoms with Gasteiger partial charge in [0.2, 0.25) is 35.4 Å². The van der Waals surface area contributed by atoms with E-state index < -0.39 is 112 Å². The number of carbonyl (C=O) groups excluding carboxylic acids is 9. The maximum atomic E-state index is 15.1. The molecular formula is C79H114N14O13. The first-order chi connectivity index (χ1) is 50.7. The van der Waals surface area contributed by atoms with Crippen LogP contribution in [0.25, 0.3) is 0 Å². The fourth-order valence-electron chi connectivity index (χ4n) is 15.8. The first-order valence-electron chi connectivity index (χ1n) is 38.6. The molecule has 9 amide bonds. The van der Waals surface area contributed by atoms with E-state index in [1.165, 1.54) is 42.6 Å². The van der Waals surface area contributed by atoms with Gasteiger partial charge < -0.3 is 71.9 Å². The summed E-state index contributed by atoms with van der Waals surface area (Å²) in [6, 6.07) is 12.7. The van der Waals surface area contributed by atoms with E-state index in [-0.39, 0.29) is 79.2 Å². The van der Waals surface area contributed by atoms with Gasteiger partial charge in [0.25, 0.3) is 17.7 Å². The molecule has 4 saturated carbocycles. The molecule has 2 aromatic carbocycles. The summed E-state index contributed by atoms with van der Waals surface area (Å²) in [7, 11) is 2.92. The zero-order valence-corrected chi connectivity index (χ0v) is 63.6. The van der Waals surface area contributed by atoms with E-state index in [2.05, 4.69) is 57.5 Å². The molecule has 1 aromatic heterocycles. The van der Waals surface area contributed by atoms with Crippen LogP contribution in [-0.4, -0.2) is 195 Å². The Morgan fingerprint density at radius 1 is 0.547 bits per heavy atom. The molecule has 106 heavy (non-hydrogen) atoms. The van der Waals surface area contributed by atoms with Gasteiger partial charge in [-0.3, -0.25) is 48.1 Å². The molecule has 8 aliphatic rings. The number of amides is 9. The maximum absolute atomic E-state index is 15.1. The van der Waals surface area contributed by atoms with Gasteiger partial charge in [-0.05, 0) is 98.0 Å². The number of hydrogen-bond acceptors (Lipinski definition) is 18. The number of rotatable bonds is 28. The number of carbonyl (C=O) groups is 9. The Kier molecular flexibility index (Phi) is 26.9. The highest BCUT2D eigenvalue weighted by Gasteiger charge is 2.58. The summed E-state index contributed by atoms with van der Waals surface area (Å²) in [5.41, 5.74) is 6.36. The molecule has 2 unspecified atom stereocenters. The summed E-state index contributed by atoms with van der Waals surface area (Å²) >= 11 is 0. The minimum atomic E-state index is -1.09. The highest BCUT2D eigenvalue weighted by atomic mass is 16.7. The average Bonchev–Trinajstić information content (AvgIpc) is 1.60. The number of aromatic nitrogens is 2. The minimum Gasteiger partial charge on any atom is -0.387 e. The van der Waals surface area contributed by atoms with Crippen molar-refractivity contribution in [2.24, 2.45) is 38.7 Å². The molecule has 5 heterocycles. The van der Waals surface area contributed by atoms with Gasteiger partial charge >= 0.3 is 0 Å². The standard InChI is InChI=1S/C42H58N8O7.C37H56N6O6/c1-6-13-29(34(56-5)39(54)45-28-18-19-28)46-37(52)32-23-42(22-30(49-57-42)26-14-9-7-10-15-26)25-50(32)40(55)35(41(2,3)4)48-38(53)33(27-16-11-8-12-17-27)47-36(51)31-24-43-20-21-44-31;1-6-13-26(30(48-5)34(46)39-25-18-19-25)40-32(44)28-21-37(20-27(42-49-37)23-14-9-7-10-15-23)22-43(28)35(47)31(36(2,3)4)41-33(45)29(38)24-16-11-8-12-17-24/h7,9-10,14-15,20-21,24,27-29,32-35H,6,8,11-13,16-19,22-23,25H2,1-5H3,(H,45,54)(H,46,52)(H,47,51)(H,48,53);7,9-10,14-15,24-26,28-31H,6,8,11-13,16-22,38H2,1-5H3,(H,39,46)(H,40,44)(H,41,45)/t29-,32-,33-,34?,35+,42+;26-,28-,29-,30?,31+,37+/m00/s1. The predicted octanol–water partition coefficient (Wildman–Crippen LogP) is 6.60. The van der Waals surface area contributed by atoms with Gasteiger partial charge in [-0.25, -0.2) is 4.98 Å². The third-order valence-corrected chi connectivity index (χ3v) is 22.1. The number of methoxy groups -OCH3 is 2. The second-order valence-electron chi connectivity index (χ2n) is 32.7. The van der Waals surface area contributed by atoms with Crippen LogP contribution < -0.4 is 43.0 Å². The van der Waals surface area contributed by atoms with Crippen LogP contribution in [0.4, 0.5) is 0 Å². The number of oxime groups is 2. The molecule has 27 heteroatoms. The van der Waals surface area contributed by atoms with E-state index >= 15 is 4.79 Å². The molecule has 4 aliphatic carbocycles. The number of nitrogens with one attached hydrogen (secondary N) is 7. The van der Waals surface area contributed by atoms with Gasteiger partial charge in [0, 0.05) is 64.4 Å². The summed E-state index contributed by atoms with van der Waals surface area (Å²) in [6.07, 6.45) is 18.9. The third kappa shape index (κ3) is 20.2. The second-order valence-corrected chi connectivity index (χ2v) is 32.7. The number of nitrogens with two attached hydrogens (primary N) is 1. The normalized spacial score (nSPS) is 24.0. The Hall–Kier alpha value is -8.43. The van der Waals surface area contributed by atoms with Crippen molar-refractivity contribution in [3.05, 3.63) is 96.1 Å². The molecule has 0 radical (unpaired) electrons. The van der Waals surface area contributed by atoms with Crippen LogP contribution in [0.3, 0.4) is 0 Å². The van der Waals surface area contributed by atoms with E-state index in [0.717, 1.165) is 107 Å². The van der Waals surface area contributed by atoms with Crippen molar-refractivity contribution in [1.82, 2.24) is 57.0 Å². The summed E-state index contributed by atoms with van der Waals surface area (Å²) in [5, 5.41) is 29.9. The maximum Gasteiger partial charge on any atom is 0.272 e. The van der Waals surface area contributed by atoms with Gasteiger partial charge in [-0.15, -0.1) is 0 Å². The summed E-state index contributed by atoms with van der Waals surface area (Å²) < 4.78 is 11.3. The largest absolute Gasteiger partial charge is 0.387 e. The Morgan fingerprint density at radius 2 is 0.972 bits per heavy atom. The fourth-order valence-corrected chi connectivity index (χ4v) is 15.8. The van der Waals surface area contributed by atoms with Gasteiger partial charge in [-0.1, -0.05) is 178 Å². The number of ether oxygens (including phenoxy) is 2. The van der Waals surface area contributed by atoms with Crippen LogP contribution in [0.5, 0.6) is 0 Å². The highest BCUT2D eigenvalue weighted by Crippen LogP contribution is 2.43. The number of hydrogen-bond donors (Lipinski definition) is 8. The van der Waals surface area contributed by atoms with Crippen LogP contribution in [-0.2, 0) is 57.5 Å². The Morgan fingerprint density at radius 3 is 1.36 bits per heavy atom. The van der Waals surface area contributed by atoms with Crippen LogP contribution >= 0.6 is 0 Å². The molecular weight excluding hydrogens is 1350 g/mol. The van der Waals surface area contributed by atoms with E-state index in [0.29, 0.717) is 44.2 Å². The Labute approximate surface area is 623 Å². The average molecular weight is 1470 g/mol. The van der Waals surface area contributed by atoms with E-state index in [4.69, 9.17) is 24.9 Å². The molecule has 12 atom stereocenters. The van der Waals surface area contributed by atoms with Gasteiger partial charge in [0.05, 0.1) is 48.8 Å². The molecule has 4 aliphatic heterocycles. The second kappa shape index (κ2) is 35.5. The lowest BCUT2D eigenvalue weighted by molar-refractivity contribution is -0.145.